The minimum absolute atomic E-state index is 0.0741. The lowest BCUT2D eigenvalue weighted by atomic mass is 9.68. The molecule has 2 aliphatic heterocycles. The zero-order valence-electron chi connectivity index (χ0n) is 14.6. The molecular weight excluding hydrogens is 320 g/mol. The van der Waals surface area contributed by atoms with E-state index < -0.39 is 0 Å². The SMILES string of the molecule is Cc1cc(C)c(NC(=O)CN2CC3C[C@@H]4CC2C[C@H](C3)C4)c(Cl)c1. The Hall–Kier alpha value is -1.06. The molecule has 0 spiro atoms. The minimum atomic E-state index is 0.0741. The Morgan fingerprint density at radius 2 is 1.79 bits per heavy atom. The zero-order chi connectivity index (χ0) is 16.8. The van der Waals surface area contributed by atoms with Gasteiger partial charge in [-0.25, -0.2) is 0 Å². The zero-order valence-corrected chi connectivity index (χ0v) is 15.4. The summed E-state index contributed by atoms with van der Waals surface area (Å²) in [5.41, 5.74) is 2.92. The fourth-order valence-electron chi connectivity index (χ4n) is 5.51. The molecule has 4 atom stereocenters. The molecule has 4 bridgehead atoms. The van der Waals surface area contributed by atoms with Gasteiger partial charge in [0, 0.05) is 12.6 Å². The summed E-state index contributed by atoms with van der Waals surface area (Å²) in [7, 11) is 0. The van der Waals surface area contributed by atoms with Crippen molar-refractivity contribution in [2.24, 2.45) is 17.8 Å². The molecular formula is C20H27ClN2O. The minimum Gasteiger partial charge on any atom is -0.323 e. The predicted octanol–water partition coefficient (Wildman–Crippen LogP) is 4.41. The van der Waals surface area contributed by atoms with E-state index in [-0.39, 0.29) is 5.91 Å². The van der Waals surface area contributed by atoms with E-state index >= 15 is 0 Å². The van der Waals surface area contributed by atoms with Gasteiger partial charge in [0.05, 0.1) is 17.3 Å². The van der Waals surface area contributed by atoms with Crippen LogP contribution in [0.1, 0.15) is 43.2 Å². The number of fused-ring (bicyclic) bond motifs is 1. The van der Waals surface area contributed by atoms with Crippen molar-refractivity contribution in [3.63, 3.8) is 0 Å². The van der Waals surface area contributed by atoms with Crippen LogP contribution in [-0.4, -0.2) is 29.9 Å². The number of carbonyl (C=O) groups is 1. The van der Waals surface area contributed by atoms with E-state index in [1.807, 2.05) is 19.9 Å². The van der Waals surface area contributed by atoms with E-state index in [1.54, 1.807) is 0 Å². The molecule has 4 heteroatoms. The number of amides is 1. The van der Waals surface area contributed by atoms with Gasteiger partial charge in [0.2, 0.25) is 5.91 Å². The molecule has 2 heterocycles. The van der Waals surface area contributed by atoms with Crippen LogP contribution in [0.25, 0.3) is 0 Å². The van der Waals surface area contributed by atoms with Gasteiger partial charge in [-0.3, -0.25) is 9.69 Å². The Labute approximate surface area is 149 Å². The van der Waals surface area contributed by atoms with Crippen LogP contribution in [0.2, 0.25) is 5.02 Å². The molecule has 0 radical (unpaired) electrons. The van der Waals surface area contributed by atoms with Crippen LogP contribution in [0.3, 0.4) is 0 Å². The van der Waals surface area contributed by atoms with E-state index in [0.29, 0.717) is 17.6 Å². The van der Waals surface area contributed by atoms with Gasteiger partial charge in [0.25, 0.3) is 0 Å². The standard InChI is InChI=1S/C20H27ClN2O/c1-12-3-13(2)20(18(21)4-12)22-19(24)11-23-10-16-6-14-5-15(7-16)9-17(23)8-14/h3-4,14-17H,5-11H2,1-2H3,(H,22,24)/t14-,15+,16?,17?. The number of aryl methyl sites for hydroxylation is 2. The van der Waals surface area contributed by atoms with Gasteiger partial charge < -0.3 is 5.32 Å². The molecule has 24 heavy (non-hydrogen) atoms. The lowest BCUT2D eigenvalue weighted by molar-refractivity contribution is -0.118. The highest BCUT2D eigenvalue weighted by molar-refractivity contribution is 6.34. The van der Waals surface area contributed by atoms with Crippen LogP contribution in [0.4, 0.5) is 5.69 Å². The highest BCUT2D eigenvalue weighted by Gasteiger charge is 2.42. The van der Waals surface area contributed by atoms with E-state index in [0.717, 1.165) is 41.1 Å². The first-order chi connectivity index (χ1) is 11.5. The molecule has 1 N–H and O–H groups in total. The Morgan fingerprint density at radius 3 is 2.46 bits per heavy atom. The normalized spacial score (nSPS) is 32.0. The summed E-state index contributed by atoms with van der Waals surface area (Å²) in [6.07, 6.45) is 6.79. The molecule has 5 rings (SSSR count). The fourth-order valence-corrected chi connectivity index (χ4v) is 5.88. The number of nitrogens with zero attached hydrogens (tertiary/aromatic N) is 1. The lowest BCUT2D eigenvalue weighted by Gasteiger charge is -2.39. The van der Waals surface area contributed by atoms with Gasteiger partial charge in [-0.1, -0.05) is 17.7 Å². The van der Waals surface area contributed by atoms with Crippen LogP contribution in [0.5, 0.6) is 0 Å². The monoisotopic (exact) mass is 346 g/mol. The number of benzene rings is 1. The number of carbonyl (C=O) groups excluding carboxylic acids is 1. The third-order valence-electron chi connectivity index (χ3n) is 6.26. The molecule has 1 aromatic carbocycles. The van der Waals surface area contributed by atoms with Crippen molar-refractivity contribution < 1.29 is 4.79 Å². The second-order valence-electron chi connectivity index (χ2n) is 8.35. The van der Waals surface area contributed by atoms with Crippen molar-refractivity contribution in [1.29, 1.82) is 0 Å². The summed E-state index contributed by atoms with van der Waals surface area (Å²) >= 11 is 6.33. The number of nitrogens with one attached hydrogen (secondary N) is 1. The number of anilines is 1. The quantitative estimate of drug-likeness (QED) is 0.879. The molecule has 4 aliphatic rings. The van der Waals surface area contributed by atoms with E-state index in [9.17, 15) is 4.79 Å². The van der Waals surface area contributed by atoms with E-state index in [1.165, 1.54) is 32.1 Å². The molecule has 130 valence electrons. The average molecular weight is 347 g/mol. The molecule has 2 unspecified atom stereocenters. The molecule has 1 amide bonds. The van der Waals surface area contributed by atoms with Crippen LogP contribution in [-0.2, 0) is 4.79 Å². The first kappa shape index (κ1) is 16.4. The van der Waals surface area contributed by atoms with Gasteiger partial charge in [-0.2, -0.15) is 0 Å². The third-order valence-corrected chi connectivity index (χ3v) is 6.56. The molecule has 3 nitrogen and oxygen atoms in total. The maximum atomic E-state index is 12.7. The molecule has 2 saturated carbocycles. The van der Waals surface area contributed by atoms with Gasteiger partial charge in [0.15, 0.2) is 0 Å². The summed E-state index contributed by atoms with van der Waals surface area (Å²) in [6, 6.07) is 4.59. The Balaban J connectivity index is 1.45. The first-order valence-electron chi connectivity index (χ1n) is 9.28. The highest BCUT2D eigenvalue weighted by Crippen LogP contribution is 2.47. The summed E-state index contributed by atoms with van der Waals surface area (Å²) < 4.78 is 0. The molecule has 2 saturated heterocycles. The van der Waals surface area contributed by atoms with Crippen molar-refractivity contribution in [2.75, 3.05) is 18.4 Å². The second-order valence-corrected chi connectivity index (χ2v) is 8.75. The Morgan fingerprint density at radius 1 is 1.12 bits per heavy atom. The van der Waals surface area contributed by atoms with Gasteiger partial charge in [0.1, 0.15) is 0 Å². The third kappa shape index (κ3) is 3.21. The van der Waals surface area contributed by atoms with Crippen molar-refractivity contribution in [3.05, 3.63) is 28.3 Å². The predicted molar refractivity (Wildman–Crippen MR) is 98.5 cm³/mol. The topological polar surface area (TPSA) is 32.3 Å². The molecule has 1 aromatic rings. The largest absolute Gasteiger partial charge is 0.323 e. The first-order valence-corrected chi connectivity index (χ1v) is 9.66. The van der Waals surface area contributed by atoms with Crippen LogP contribution < -0.4 is 5.32 Å². The highest BCUT2D eigenvalue weighted by atomic mass is 35.5. The smallest absolute Gasteiger partial charge is 0.238 e. The maximum Gasteiger partial charge on any atom is 0.238 e. The van der Waals surface area contributed by atoms with Gasteiger partial charge in [-0.05, 0) is 80.9 Å². The molecule has 0 aromatic heterocycles. The molecule has 2 aliphatic carbocycles. The summed E-state index contributed by atoms with van der Waals surface area (Å²) in [5, 5.41) is 3.70. The van der Waals surface area contributed by atoms with Crippen molar-refractivity contribution in [3.8, 4) is 0 Å². The van der Waals surface area contributed by atoms with E-state index in [2.05, 4.69) is 16.3 Å². The fraction of sp³-hybridized carbons (Fsp3) is 0.650. The summed E-state index contributed by atoms with van der Waals surface area (Å²) in [6.45, 7) is 5.63. The van der Waals surface area contributed by atoms with Crippen LogP contribution in [0.15, 0.2) is 12.1 Å². The van der Waals surface area contributed by atoms with Crippen molar-refractivity contribution in [1.82, 2.24) is 4.90 Å². The average Bonchev–Trinajstić information content (AvgIpc) is 2.66. The van der Waals surface area contributed by atoms with Crippen LogP contribution in [0, 0.1) is 31.6 Å². The molecule has 4 fully saturated rings. The van der Waals surface area contributed by atoms with Crippen molar-refractivity contribution >= 4 is 23.2 Å². The van der Waals surface area contributed by atoms with Gasteiger partial charge in [-0.15, -0.1) is 0 Å². The maximum absolute atomic E-state index is 12.7. The number of rotatable bonds is 3. The lowest BCUT2D eigenvalue weighted by Crippen LogP contribution is -2.42. The Bertz CT molecular complexity index is 622. The van der Waals surface area contributed by atoms with Crippen molar-refractivity contribution in [2.45, 2.75) is 52.0 Å². The number of halogens is 1. The van der Waals surface area contributed by atoms with Crippen LogP contribution >= 0.6 is 11.6 Å². The number of hydrogen-bond acceptors (Lipinski definition) is 2. The summed E-state index contributed by atoms with van der Waals surface area (Å²) in [5.74, 6) is 2.70. The summed E-state index contributed by atoms with van der Waals surface area (Å²) in [4.78, 5) is 15.1. The number of hydrogen-bond donors (Lipinski definition) is 1. The van der Waals surface area contributed by atoms with Gasteiger partial charge >= 0.3 is 0 Å². The van der Waals surface area contributed by atoms with E-state index in [4.69, 9.17) is 11.6 Å². The second kappa shape index (κ2) is 6.34. The Kier molecular flexibility index (Phi) is 4.34.